The predicted molar refractivity (Wildman–Crippen MR) is 96.4 cm³/mol. The lowest BCUT2D eigenvalue weighted by molar-refractivity contribution is 0.628. The standard InChI is InChI=1S/C19H14FN3S/c1-13-21-16(18-4-2-3-11-23(13)18)9-10-19-22-17(12-24-19)14-5-7-15(20)8-6-14/h2-12H,1H3/b10-9+. The molecule has 24 heavy (non-hydrogen) atoms. The molecule has 0 amide bonds. The van der Waals surface area contributed by atoms with Crippen molar-refractivity contribution >= 4 is 29.0 Å². The van der Waals surface area contributed by atoms with E-state index in [0.717, 1.165) is 33.3 Å². The Morgan fingerprint density at radius 3 is 2.71 bits per heavy atom. The first-order valence-corrected chi connectivity index (χ1v) is 8.42. The molecule has 0 N–H and O–H groups in total. The number of hydrogen-bond donors (Lipinski definition) is 0. The number of halogens is 1. The molecule has 4 aromatic rings. The van der Waals surface area contributed by atoms with E-state index in [0.29, 0.717) is 0 Å². The number of imidazole rings is 1. The fourth-order valence-corrected chi connectivity index (χ4v) is 3.33. The van der Waals surface area contributed by atoms with Gasteiger partial charge in [0.2, 0.25) is 0 Å². The molecule has 0 bridgehead atoms. The average molecular weight is 335 g/mol. The Bertz CT molecular complexity index is 1030. The fourth-order valence-electron chi connectivity index (χ4n) is 2.61. The van der Waals surface area contributed by atoms with Gasteiger partial charge in [0.25, 0.3) is 0 Å². The molecular weight excluding hydrogens is 321 g/mol. The van der Waals surface area contributed by atoms with E-state index in [1.807, 2.05) is 48.9 Å². The second-order valence-corrected chi connectivity index (χ2v) is 6.30. The molecular formula is C19H14FN3S. The largest absolute Gasteiger partial charge is 0.303 e. The number of thiazole rings is 1. The maximum Gasteiger partial charge on any atom is 0.123 e. The highest BCUT2D eigenvalue weighted by molar-refractivity contribution is 7.10. The second kappa shape index (κ2) is 6.02. The Hall–Kier alpha value is -2.79. The molecule has 1 aromatic carbocycles. The van der Waals surface area contributed by atoms with Crippen LogP contribution in [0, 0.1) is 12.7 Å². The third-order valence-corrected chi connectivity index (χ3v) is 4.61. The molecule has 0 aliphatic rings. The summed E-state index contributed by atoms with van der Waals surface area (Å²) in [5.41, 5.74) is 3.76. The summed E-state index contributed by atoms with van der Waals surface area (Å²) in [6.45, 7) is 1.99. The molecule has 0 spiro atoms. The molecule has 0 aliphatic heterocycles. The lowest BCUT2D eigenvalue weighted by Crippen LogP contribution is -1.84. The van der Waals surface area contributed by atoms with Crippen LogP contribution in [0.3, 0.4) is 0 Å². The van der Waals surface area contributed by atoms with E-state index in [9.17, 15) is 4.39 Å². The fraction of sp³-hybridized carbons (Fsp3) is 0.0526. The van der Waals surface area contributed by atoms with Crippen molar-refractivity contribution in [1.82, 2.24) is 14.4 Å². The third-order valence-electron chi connectivity index (χ3n) is 3.80. The van der Waals surface area contributed by atoms with E-state index in [1.165, 1.54) is 12.1 Å². The van der Waals surface area contributed by atoms with E-state index in [-0.39, 0.29) is 5.82 Å². The Morgan fingerprint density at radius 2 is 1.88 bits per heavy atom. The Morgan fingerprint density at radius 1 is 1.04 bits per heavy atom. The van der Waals surface area contributed by atoms with Gasteiger partial charge in [-0.2, -0.15) is 0 Å². The Labute approximate surface area is 142 Å². The number of pyridine rings is 1. The van der Waals surface area contributed by atoms with Gasteiger partial charge in [0.1, 0.15) is 16.6 Å². The molecule has 3 nitrogen and oxygen atoms in total. The van der Waals surface area contributed by atoms with Gasteiger partial charge in [-0.25, -0.2) is 14.4 Å². The summed E-state index contributed by atoms with van der Waals surface area (Å²) in [5.74, 6) is 0.715. The molecule has 0 radical (unpaired) electrons. The monoisotopic (exact) mass is 335 g/mol. The van der Waals surface area contributed by atoms with Gasteiger partial charge >= 0.3 is 0 Å². The highest BCUT2D eigenvalue weighted by Gasteiger charge is 2.06. The number of benzene rings is 1. The van der Waals surface area contributed by atoms with Gasteiger partial charge in [-0.3, -0.25) is 0 Å². The number of nitrogens with zero attached hydrogens (tertiary/aromatic N) is 3. The van der Waals surface area contributed by atoms with Crippen LogP contribution in [0.4, 0.5) is 4.39 Å². The van der Waals surface area contributed by atoms with Crippen molar-refractivity contribution in [3.63, 3.8) is 0 Å². The van der Waals surface area contributed by atoms with Crippen molar-refractivity contribution in [2.45, 2.75) is 6.92 Å². The zero-order valence-electron chi connectivity index (χ0n) is 13.0. The quantitative estimate of drug-likeness (QED) is 0.523. The van der Waals surface area contributed by atoms with Gasteiger partial charge in [0.15, 0.2) is 0 Å². The lowest BCUT2D eigenvalue weighted by atomic mass is 10.2. The molecule has 0 fully saturated rings. The first-order chi connectivity index (χ1) is 11.7. The van der Waals surface area contributed by atoms with Crippen LogP contribution >= 0.6 is 11.3 Å². The lowest BCUT2D eigenvalue weighted by Gasteiger charge is -1.95. The molecule has 3 aromatic heterocycles. The van der Waals surface area contributed by atoms with Gasteiger partial charge in [0, 0.05) is 17.1 Å². The predicted octanol–water partition coefficient (Wildman–Crippen LogP) is 5.08. The van der Waals surface area contributed by atoms with Crippen molar-refractivity contribution in [3.05, 3.63) is 76.4 Å². The van der Waals surface area contributed by atoms with E-state index in [2.05, 4.69) is 14.4 Å². The molecule has 3 heterocycles. The van der Waals surface area contributed by atoms with E-state index >= 15 is 0 Å². The van der Waals surface area contributed by atoms with Crippen LogP contribution in [0.15, 0.2) is 54.0 Å². The SMILES string of the molecule is Cc1nc(/C=C/c2nc(-c3ccc(F)cc3)cs2)c2ccccn12. The van der Waals surface area contributed by atoms with Crippen molar-refractivity contribution < 1.29 is 4.39 Å². The summed E-state index contributed by atoms with van der Waals surface area (Å²) >= 11 is 1.55. The van der Waals surface area contributed by atoms with Crippen molar-refractivity contribution in [2.24, 2.45) is 0 Å². The maximum atomic E-state index is 13.0. The second-order valence-electron chi connectivity index (χ2n) is 5.41. The van der Waals surface area contributed by atoms with Crippen molar-refractivity contribution in [2.75, 3.05) is 0 Å². The minimum absolute atomic E-state index is 0.240. The maximum absolute atomic E-state index is 13.0. The summed E-state index contributed by atoms with van der Waals surface area (Å²) < 4.78 is 15.1. The van der Waals surface area contributed by atoms with Crippen LogP contribution in [-0.2, 0) is 0 Å². The van der Waals surface area contributed by atoms with Crippen LogP contribution in [0.1, 0.15) is 16.5 Å². The van der Waals surface area contributed by atoms with Crippen LogP contribution in [0.5, 0.6) is 0 Å². The summed E-state index contributed by atoms with van der Waals surface area (Å²) in [4.78, 5) is 9.18. The summed E-state index contributed by atoms with van der Waals surface area (Å²) in [7, 11) is 0. The van der Waals surface area contributed by atoms with Gasteiger partial charge in [-0.1, -0.05) is 6.07 Å². The summed E-state index contributed by atoms with van der Waals surface area (Å²) in [6.07, 6.45) is 5.95. The van der Waals surface area contributed by atoms with Gasteiger partial charge < -0.3 is 4.40 Å². The van der Waals surface area contributed by atoms with Crippen LogP contribution < -0.4 is 0 Å². The summed E-state index contributed by atoms with van der Waals surface area (Å²) in [6, 6.07) is 12.4. The third kappa shape index (κ3) is 2.74. The van der Waals surface area contributed by atoms with Gasteiger partial charge in [-0.05, 0) is 55.5 Å². The highest BCUT2D eigenvalue weighted by atomic mass is 32.1. The number of aromatic nitrogens is 3. The molecule has 0 atom stereocenters. The Kier molecular flexibility index (Phi) is 3.70. The zero-order chi connectivity index (χ0) is 16.5. The minimum atomic E-state index is -0.240. The number of aryl methyl sites for hydroxylation is 1. The van der Waals surface area contributed by atoms with E-state index < -0.39 is 0 Å². The smallest absolute Gasteiger partial charge is 0.123 e. The number of rotatable bonds is 3. The molecule has 118 valence electrons. The van der Waals surface area contributed by atoms with E-state index in [1.54, 1.807) is 23.5 Å². The van der Waals surface area contributed by atoms with E-state index in [4.69, 9.17) is 0 Å². The molecule has 4 rings (SSSR count). The highest BCUT2D eigenvalue weighted by Crippen LogP contribution is 2.24. The first-order valence-electron chi connectivity index (χ1n) is 7.54. The van der Waals surface area contributed by atoms with Crippen LogP contribution in [0.25, 0.3) is 28.9 Å². The first kappa shape index (κ1) is 14.8. The molecule has 0 aliphatic carbocycles. The Balaban J connectivity index is 1.63. The van der Waals surface area contributed by atoms with Gasteiger partial charge in [0.05, 0.1) is 16.9 Å². The zero-order valence-corrected chi connectivity index (χ0v) is 13.8. The topological polar surface area (TPSA) is 30.2 Å². The van der Waals surface area contributed by atoms with Crippen molar-refractivity contribution in [3.8, 4) is 11.3 Å². The van der Waals surface area contributed by atoms with Crippen LogP contribution in [-0.4, -0.2) is 14.4 Å². The van der Waals surface area contributed by atoms with Crippen molar-refractivity contribution in [1.29, 1.82) is 0 Å². The minimum Gasteiger partial charge on any atom is -0.303 e. The molecule has 0 saturated heterocycles. The van der Waals surface area contributed by atoms with Crippen LogP contribution in [0.2, 0.25) is 0 Å². The summed E-state index contributed by atoms with van der Waals surface area (Å²) in [5, 5.41) is 2.87. The molecule has 0 unspecified atom stereocenters. The molecule has 5 heteroatoms. The average Bonchev–Trinajstić information content (AvgIpc) is 3.19. The molecule has 0 saturated carbocycles. The number of hydrogen-bond acceptors (Lipinski definition) is 3. The van der Waals surface area contributed by atoms with Gasteiger partial charge in [-0.15, -0.1) is 11.3 Å². The number of fused-ring (bicyclic) bond motifs is 1. The normalized spacial score (nSPS) is 11.6.